The maximum absolute atomic E-state index is 13.8. The average Bonchev–Trinajstić information content (AvgIpc) is 2.68. The monoisotopic (exact) mass is 492 g/mol. The summed E-state index contributed by atoms with van der Waals surface area (Å²) in [4.78, 5) is 52.5. The van der Waals surface area contributed by atoms with Crippen LogP contribution in [0.25, 0.3) is 0 Å². The fraction of sp³-hybridized carbons (Fsp3) is 0.600. The van der Waals surface area contributed by atoms with Crippen LogP contribution in [-0.4, -0.2) is 57.5 Å². The normalized spacial score (nSPS) is 13.2. The molecule has 4 amide bonds. The highest BCUT2D eigenvalue weighted by Crippen LogP contribution is 2.33. The molecule has 0 aromatic heterocycles. The Labute approximate surface area is 207 Å². The molecule has 0 spiro atoms. The van der Waals surface area contributed by atoms with Gasteiger partial charge < -0.3 is 31.1 Å². The number of rotatable bonds is 10. The lowest BCUT2D eigenvalue weighted by Gasteiger charge is -2.37. The molecular weight excluding hydrogens is 452 g/mol. The van der Waals surface area contributed by atoms with Crippen LogP contribution in [0.4, 0.5) is 4.79 Å². The molecule has 0 aliphatic heterocycles. The number of benzene rings is 1. The fourth-order valence-electron chi connectivity index (χ4n) is 3.54. The number of phenols is 1. The fourth-order valence-corrected chi connectivity index (χ4v) is 3.54. The van der Waals surface area contributed by atoms with Crippen molar-refractivity contribution in [2.24, 2.45) is 5.73 Å². The first-order valence-electron chi connectivity index (χ1n) is 11.7. The van der Waals surface area contributed by atoms with Crippen LogP contribution in [0, 0.1) is 6.92 Å². The summed E-state index contributed by atoms with van der Waals surface area (Å²) in [5.41, 5.74) is 5.27. The van der Waals surface area contributed by atoms with Gasteiger partial charge in [0.25, 0.3) is 0 Å². The third kappa shape index (κ3) is 9.11. The van der Waals surface area contributed by atoms with Gasteiger partial charge in [-0.1, -0.05) is 18.2 Å². The van der Waals surface area contributed by atoms with Crippen molar-refractivity contribution in [3.8, 4) is 5.75 Å². The number of aromatic hydroxyl groups is 1. The highest BCUT2D eigenvalue weighted by Gasteiger charge is 2.39. The number of ether oxygens (including phenoxy) is 1. The molecule has 5 N–H and O–H groups in total. The maximum Gasteiger partial charge on any atom is 0.408 e. The number of amides is 4. The van der Waals surface area contributed by atoms with E-state index in [1.54, 1.807) is 73.6 Å². The Morgan fingerprint density at radius 1 is 1.09 bits per heavy atom. The molecule has 10 heteroatoms. The molecule has 0 fully saturated rings. The van der Waals surface area contributed by atoms with Crippen LogP contribution in [0.15, 0.2) is 18.2 Å². The van der Waals surface area contributed by atoms with Gasteiger partial charge in [-0.05, 0) is 67.4 Å². The summed E-state index contributed by atoms with van der Waals surface area (Å²) in [7, 11) is 0. The van der Waals surface area contributed by atoms with Crippen molar-refractivity contribution >= 4 is 23.8 Å². The SMILES string of the molecule is Cc1cccc(C(C(=O)NC(C)C)N(C(=O)C(CCC(N)=O)NC(=O)OC(C)(C)C)C(C)C)c1O. The van der Waals surface area contributed by atoms with Crippen LogP contribution in [0.5, 0.6) is 5.75 Å². The Bertz CT molecular complexity index is 923. The number of aryl methyl sites for hydroxylation is 1. The molecule has 1 aromatic carbocycles. The van der Waals surface area contributed by atoms with E-state index in [-0.39, 0.29) is 30.2 Å². The Hall–Kier alpha value is -3.30. The zero-order valence-corrected chi connectivity index (χ0v) is 22.0. The van der Waals surface area contributed by atoms with E-state index in [9.17, 15) is 24.3 Å². The molecule has 0 saturated heterocycles. The Morgan fingerprint density at radius 3 is 2.17 bits per heavy atom. The summed E-state index contributed by atoms with van der Waals surface area (Å²) in [6.07, 6.45) is -1.10. The molecule has 0 aliphatic rings. The number of carbonyl (C=O) groups excluding carboxylic acids is 4. The summed E-state index contributed by atoms with van der Waals surface area (Å²) in [5.74, 6) is -1.86. The zero-order chi connectivity index (χ0) is 27.1. The lowest BCUT2D eigenvalue weighted by atomic mass is 9.97. The number of carbonyl (C=O) groups is 4. The van der Waals surface area contributed by atoms with E-state index in [0.717, 1.165) is 0 Å². The van der Waals surface area contributed by atoms with Gasteiger partial charge in [0.2, 0.25) is 17.7 Å². The van der Waals surface area contributed by atoms with Crippen molar-refractivity contribution in [1.82, 2.24) is 15.5 Å². The van der Waals surface area contributed by atoms with Crippen molar-refractivity contribution in [1.29, 1.82) is 0 Å². The molecule has 10 nitrogen and oxygen atoms in total. The van der Waals surface area contributed by atoms with Gasteiger partial charge in [0, 0.05) is 24.1 Å². The summed E-state index contributed by atoms with van der Waals surface area (Å²) in [5, 5.41) is 16.1. The first kappa shape index (κ1) is 29.7. The highest BCUT2D eigenvalue weighted by atomic mass is 16.6. The van der Waals surface area contributed by atoms with Crippen LogP contribution in [0.3, 0.4) is 0 Å². The lowest BCUT2D eigenvalue weighted by molar-refractivity contribution is -0.145. The largest absolute Gasteiger partial charge is 0.507 e. The van der Waals surface area contributed by atoms with E-state index in [2.05, 4.69) is 10.6 Å². The number of alkyl carbamates (subject to hydrolysis) is 1. The van der Waals surface area contributed by atoms with Crippen molar-refractivity contribution in [2.75, 3.05) is 0 Å². The van der Waals surface area contributed by atoms with Gasteiger partial charge in [-0.25, -0.2) is 4.79 Å². The van der Waals surface area contributed by atoms with E-state index in [1.165, 1.54) is 4.90 Å². The van der Waals surface area contributed by atoms with Gasteiger partial charge in [-0.3, -0.25) is 14.4 Å². The third-order valence-corrected chi connectivity index (χ3v) is 5.00. The molecule has 0 bridgehead atoms. The summed E-state index contributed by atoms with van der Waals surface area (Å²) >= 11 is 0. The minimum absolute atomic E-state index is 0.0883. The molecule has 1 rings (SSSR count). The second-order valence-corrected chi connectivity index (χ2v) is 10.1. The molecule has 2 atom stereocenters. The molecule has 0 heterocycles. The topological polar surface area (TPSA) is 151 Å². The van der Waals surface area contributed by atoms with Crippen LogP contribution in [-0.2, 0) is 19.1 Å². The molecule has 0 aliphatic carbocycles. The van der Waals surface area contributed by atoms with Gasteiger partial charge in [-0.15, -0.1) is 0 Å². The standard InChI is InChI=1S/C25H40N4O6/c1-14(2)27-22(32)20(17-11-9-10-16(5)21(17)31)29(15(3)4)23(33)18(12-13-19(26)30)28-24(34)35-25(6,7)8/h9-11,14-15,18,20,31H,12-13H2,1-8H3,(H2,26,30)(H,27,32)(H,28,34). The smallest absolute Gasteiger partial charge is 0.408 e. The minimum Gasteiger partial charge on any atom is -0.507 e. The van der Waals surface area contributed by atoms with Crippen molar-refractivity contribution in [3.05, 3.63) is 29.3 Å². The molecule has 0 radical (unpaired) electrons. The predicted octanol–water partition coefficient (Wildman–Crippen LogP) is 2.66. The third-order valence-electron chi connectivity index (χ3n) is 5.00. The number of nitrogens with zero attached hydrogens (tertiary/aromatic N) is 1. The maximum atomic E-state index is 13.8. The number of phenolic OH excluding ortho intramolecular Hbond substituents is 1. The molecule has 1 aromatic rings. The number of primary amides is 1. The Morgan fingerprint density at radius 2 is 1.69 bits per heavy atom. The molecule has 35 heavy (non-hydrogen) atoms. The number of para-hydroxylation sites is 1. The highest BCUT2D eigenvalue weighted by molar-refractivity contribution is 5.93. The van der Waals surface area contributed by atoms with E-state index >= 15 is 0 Å². The van der Waals surface area contributed by atoms with Gasteiger partial charge in [-0.2, -0.15) is 0 Å². The lowest BCUT2D eigenvalue weighted by Crippen LogP contribution is -2.55. The van der Waals surface area contributed by atoms with E-state index in [4.69, 9.17) is 10.5 Å². The first-order chi connectivity index (χ1) is 16.0. The van der Waals surface area contributed by atoms with Gasteiger partial charge >= 0.3 is 6.09 Å². The summed E-state index contributed by atoms with van der Waals surface area (Å²) in [6, 6.07) is 1.83. The Balaban J connectivity index is 3.54. The minimum atomic E-state index is -1.19. The van der Waals surface area contributed by atoms with Crippen LogP contribution in [0.1, 0.15) is 78.5 Å². The van der Waals surface area contributed by atoms with E-state index < -0.39 is 47.5 Å². The van der Waals surface area contributed by atoms with Crippen LogP contribution >= 0.6 is 0 Å². The molecule has 2 unspecified atom stereocenters. The van der Waals surface area contributed by atoms with Crippen LogP contribution < -0.4 is 16.4 Å². The number of nitrogens with two attached hydrogens (primary N) is 1. The first-order valence-corrected chi connectivity index (χ1v) is 11.7. The van der Waals surface area contributed by atoms with Gasteiger partial charge in [0.1, 0.15) is 23.4 Å². The van der Waals surface area contributed by atoms with Crippen LogP contribution in [0.2, 0.25) is 0 Å². The second-order valence-electron chi connectivity index (χ2n) is 10.1. The van der Waals surface area contributed by atoms with E-state index in [1.807, 2.05) is 0 Å². The van der Waals surface area contributed by atoms with Crippen molar-refractivity contribution in [3.63, 3.8) is 0 Å². The summed E-state index contributed by atoms with van der Waals surface area (Å²) in [6.45, 7) is 13.7. The molecular formula is C25H40N4O6. The second kappa shape index (κ2) is 12.4. The number of hydrogen-bond acceptors (Lipinski definition) is 6. The average molecular weight is 493 g/mol. The number of nitrogens with one attached hydrogen (secondary N) is 2. The quantitative estimate of drug-likeness (QED) is 0.394. The van der Waals surface area contributed by atoms with Crippen molar-refractivity contribution < 1.29 is 29.0 Å². The Kier molecular flexibility index (Phi) is 10.5. The molecule has 196 valence electrons. The van der Waals surface area contributed by atoms with Crippen molar-refractivity contribution in [2.45, 2.75) is 98.0 Å². The van der Waals surface area contributed by atoms with Gasteiger partial charge in [0.15, 0.2) is 0 Å². The number of hydrogen-bond donors (Lipinski definition) is 4. The summed E-state index contributed by atoms with van der Waals surface area (Å²) < 4.78 is 5.29. The predicted molar refractivity (Wildman–Crippen MR) is 132 cm³/mol. The van der Waals surface area contributed by atoms with Gasteiger partial charge in [0.05, 0.1) is 0 Å². The zero-order valence-electron chi connectivity index (χ0n) is 22.0. The molecule has 0 saturated carbocycles. The van der Waals surface area contributed by atoms with E-state index in [0.29, 0.717) is 5.56 Å².